The quantitative estimate of drug-likeness (QED) is 0.905. The molecule has 2 aromatic rings. The summed E-state index contributed by atoms with van der Waals surface area (Å²) in [4.78, 5) is 14.2. The molecule has 0 saturated carbocycles. The van der Waals surface area contributed by atoms with Gasteiger partial charge < -0.3 is 19.7 Å². The number of rotatable bonds is 2. The van der Waals surface area contributed by atoms with Gasteiger partial charge in [0.15, 0.2) is 0 Å². The van der Waals surface area contributed by atoms with Crippen LogP contribution in [0.1, 0.15) is 17.0 Å². The molecule has 0 unspecified atom stereocenters. The molecule has 2 saturated heterocycles. The van der Waals surface area contributed by atoms with Gasteiger partial charge in [0.1, 0.15) is 12.2 Å². The van der Waals surface area contributed by atoms with Crippen molar-refractivity contribution in [2.45, 2.75) is 11.5 Å². The van der Waals surface area contributed by atoms with Gasteiger partial charge in [-0.1, -0.05) is 48.5 Å². The zero-order valence-corrected chi connectivity index (χ0v) is 14.6. The van der Waals surface area contributed by atoms with Crippen molar-refractivity contribution < 1.29 is 14.3 Å². The van der Waals surface area contributed by atoms with Crippen LogP contribution in [0, 0.1) is 0 Å². The Morgan fingerprint density at radius 1 is 1.12 bits per heavy atom. The zero-order chi connectivity index (χ0) is 17.6. The summed E-state index contributed by atoms with van der Waals surface area (Å²) >= 11 is 0. The first kappa shape index (κ1) is 15.9. The second-order valence-corrected chi connectivity index (χ2v) is 7.37. The Hall–Kier alpha value is -2.37. The highest BCUT2D eigenvalue weighted by atomic mass is 16.6. The fraction of sp³-hybridized carbons (Fsp3) is 0.381. The van der Waals surface area contributed by atoms with Crippen LogP contribution in [0.25, 0.3) is 11.1 Å². The molecular weight excluding hydrogens is 328 g/mol. The van der Waals surface area contributed by atoms with Gasteiger partial charge in [0.25, 0.3) is 0 Å². The van der Waals surface area contributed by atoms with Crippen molar-refractivity contribution >= 4 is 6.09 Å². The topological polar surface area (TPSA) is 50.8 Å². The van der Waals surface area contributed by atoms with Crippen LogP contribution in [0.2, 0.25) is 0 Å². The van der Waals surface area contributed by atoms with Crippen LogP contribution >= 0.6 is 0 Å². The van der Waals surface area contributed by atoms with E-state index in [2.05, 4.69) is 41.7 Å². The summed E-state index contributed by atoms with van der Waals surface area (Å²) in [7, 11) is 0. The van der Waals surface area contributed by atoms with Gasteiger partial charge in [-0.25, -0.2) is 4.79 Å². The Balaban J connectivity index is 1.27. The van der Waals surface area contributed by atoms with Gasteiger partial charge in [-0.05, 0) is 22.3 Å². The number of benzene rings is 2. The number of ether oxygens (including phenoxy) is 2. The van der Waals surface area contributed by atoms with E-state index in [1.54, 1.807) is 4.90 Å². The number of likely N-dealkylation sites (tertiary alicyclic amines) is 1. The lowest BCUT2D eigenvalue weighted by atomic mass is 9.93. The number of carbonyl (C=O) groups is 1. The molecular formula is C21H22N2O3. The normalized spacial score (nSPS) is 20.4. The number of morpholine rings is 1. The van der Waals surface area contributed by atoms with Crippen LogP contribution in [-0.2, 0) is 9.47 Å². The number of carbonyl (C=O) groups excluding carboxylic acids is 1. The highest BCUT2D eigenvalue weighted by Gasteiger charge is 2.48. The van der Waals surface area contributed by atoms with Crippen LogP contribution in [0.15, 0.2) is 48.5 Å². The Bertz CT molecular complexity index is 791. The average molecular weight is 350 g/mol. The number of nitrogens with zero attached hydrogens (tertiary/aromatic N) is 1. The van der Waals surface area contributed by atoms with E-state index in [-0.39, 0.29) is 17.6 Å². The van der Waals surface area contributed by atoms with Crippen molar-refractivity contribution in [3.63, 3.8) is 0 Å². The largest absolute Gasteiger partial charge is 0.448 e. The minimum absolute atomic E-state index is 0.106. The fourth-order valence-electron chi connectivity index (χ4n) is 4.37. The standard InChI is InChI=1S/C21H22N2O3/c24-20(23-13-21(14-23)12-22-9-10-26-21)25-11-19-17-7-3-1-5-15(17)16-6-2-4-8-18(16)19/h1-8,19,22H,9-14H2. The van der Waals surface area contributed by atoms with E-state index in [0.717, 1.165) is 13.1 Å². The minimum Gasteiger partial charge on any atom is -0.448 e. The molecule has 26 heavy (non-hydrogen) atoms. The molecule has 134 valence electrons. The van der Waals surface area contributed by atoms with Crippen LogP contribution in [0.5, 0.6) is 0 Å². The van der Waals surface area contributed by atoms with Crippen molar-refractivity contribution in [1.29, 1.82) is 0 Å². The van der Waals surface area contributed by atoms with Crippen molar-refractivity contribution in [1.82, 2.24) is 10.2 Å². The lowest BCUT2D eigenvalue weighted by Gasteiger charge is -2.50. The van der Waals surface area contributed by atoms with Crippen molar-refractivity contribution in [3.05, 3.63) is 59.7 Å². The molecule has 0 aromatic heterocycles. The number of fused-ring (bicyclic) bond motifs is 3. The fourth-order valence-corrected chi connectivity index (χ4v) is 4.37. The van der Waals surface area contributed by atoms with Gasteiger partial charge in [-0.2, -0.15) is 0 Å². The van der Waals surface area contributed by atoms with Gasteiger partial charge in [0.2, 0.25) is 0 Å². The molecule has 2 fully saturated rings. The summed E-state index contributed by atoms with van der Waals surface area (Å²) in [5, 5.41) is 3.33. The SMILES string of the molecule is O=C(OCC1c2ccccc2-c2ccccc21)N1CC2(CNCCO2)C1. The zero-order valence-electron chi connectivity index (χ0n) is 14.6. The molecule has 2 aromatic carbocycles. The molecule has 1 spiro atoms. The minimum atomic E-state index is -0.244. The van der Waals surface area contributed by atoms with Crippen molar-refractivity contribution in [2.75, 3.05) is 39.4 Å². The molecule has 0 radical (unpaired) electrons. The highest BCUT2D eigenvalue weighted by molar-refractivity contribution is 5.79. The van der Waals surface area contributed by atoms with Crippen LogP contribution in [-0.4, -0.2) is 56.0 Å². The highest BCUT2D eigenvalue weighted by Crippen LogP contribution is 2.44. The van der Waals surface area contributed by atoms with Crippen molar-refractivity contribution in [2.24, 2.45) is 0 Å². The Labute approximate surface area is 152 Å². The summed E-state index contributed by atoms with van der Waals surface area (Å²) < 4.78 is 11.5. The molecule has 1 amide bonds. The number of hydrogen-bond acceptors (Lipinski definition) is 4. The molecule has 0 atom stereocenters. The maximum Gasteiger partial charge on any atom is 0.409 e. The van der Waals surface area contributed by atoms with Gasteiger partial charge in [-0.15, -0.1) is 0 Å². The maximum atomic E-state index is 12.5. The molecule has 1 aliphatic carbocycles. The van der Waals surface area contributed by atoms with E-state index in [0.29, 0.717) is 26.3 Å². The Morgan fingerprint density at radius 3 is 2.38 bits per heavy atom. The second kappa shape index (κ2) is 6.11. The summed E-state index contributed by atoms with van der Waals surface area (Å²) in [6.45, 7) is 3.98. The second-order valence-electron chi connectivity index (χ2n) is 7.37. The first-order valence-electron chi connectivity index (χ1n) is 9.20. The predicted octanol–water partition coefficient (Wildman–Crippen LogP) is 2.61. The monoisotopic (exact) mass is 350 g/mol. The lowest BCUT2D eigenvalue weighted by Crippen LogP contribution is -2.70. The lowest BCUT2D eigenvalue weighted by molar-refractivity contribution is -0.146. The number of hydrogen-bond donors (Lipinski definition) is 1. The van der Waals surface area contributed by atoms with Gasteiger partial charge >= 0.3 is 6.09 Å². The van der Waals surface area contributed by atoms with E-state index in [4.69, 9.17) is 9.47 Å². The van der Waals surface area contributed by atoms with Crippen LogP contribution in [0.3, 0.4) is 0 Å². The predicted molar refractivity (Wildman–Crippen MR) is 98.2 cm³/mol. The summed E-state index contributed by atoms with van der Waals surface area (Å²) in [6, 6.07) is 16.8. The van der Waals surface area contributed by atoms with E-state index in [1.165, 1.54) is 22.3 Å². The molecule has 3 aliphatic rings. The average Bonchev–Trinajstić information content (AvgIpc) is 2.99. The summed E-state index contributed by atoms with van der Waals surface area (Å²) in [5.74, 6) is 0.106. The molecule has 5 nitrogen and oxygen atoms in total. The smallest absolute Gasteiger partial charge is 0.409 e. The maximum absolute atomic E-state index is 12.5. The molecule has 2 heterocycles. The van der Waals surface area contributed by atoms with Gasteiger partial charge in [0.05, 0.1) is 19.7 Å². The van der Waals surface area contributed by atoms with Gasteiger partial charge in [0, 0.05) is 19.0 Å². The van der Waals surface area contributed by atoms with E-state index >= 15 is 0 Å². The number of nitrogens with one attached hydrogen (secondary N) is 1. The Morgan fingerprint density at radius 2 is 1.77 bits per heavy atom. The number of amides is 1. The third kappa shape index (κ3) is 2.50. The van der Waals surface area contributed by atoms with E-state index < -0.39 is 0 Å². The molecule has 2 aliphatic heterocycles. The summed E-state index contributed by atoms with van der Waals surface area (Å²) in [6.07, 6.45) is -0.244. The van der Waals surface area contributed by atoms with Crippen LogP contribution in [0.4, 0.5) is 4.79 Å². The Kier molecular flexibility index (Phi) is 3.72. The molecule has 1 N–H and O–H groups in total. The van der Waals surface area contributed by atoms with Gasteiger partial charge in [-0.3, -0.25) is 0 Å². The molecule has 5 rings (SSSR count). The summed E-state index contributed by atoms with van der Waals surface area (Å²) in [5.41, 5.74) is 4.76. The third-order valence-electron chi connectivity index (χ3n) is 5.69. The molecule has 5 heteroatoms. The first-order valence-corrected chi connectivity index (χ1v) is 9.20. The first-order chi connectivity index (χ1) is 12.8. The van der Waals surface area contributed by atoms with Crippen molar-refractivity contribution in [3.8, 4) is 11.1 Å². The van der Waals surface area contributed by atoms with E-state index in [9.17, 15) is 4.79 Å². The van der Waals surface area contributed by atoms with Crippen LogP contribution < -0.4 is 5.32 Å². The molecule has 0 bridgehead atoms. The third-order valence-corrected chi connectivity index (χ3v) is 5.69. The van der Waals surface area contributed by atoms with E-state index in [1.807, 2.05) is 12.1 Å².